The van der Waals surface area contributed by atoms with E-state index in [0.29, 0.717) is 31.1 Å². The van der Waals surface area contributed by atoms with Crippen LogP contribution in [0.3, 0.4) is 0 Å². The first-order chi connectivity index (χ1) is 19.9. The molecule has 2 amide bonds. The summed E-state index contributed by atoms with van der Waals surface area (Å²) in [7, 11) is -1.01. The van der Waals surface area contributed by atoms with Crippen LogP contribution in [-0.4, -0.2) is 63.3 Å². The highest BCUT2D eigenvalue weighted by Gasteiger charge is 2.53. The topological polar surface area (TPSA) is 79.0 Å². The van der Waals surface area contributed by atoms with E-state index in [-0.39, 0.29) is 17.9 Å². The van der Waals surface area contributed by atoms with Crippen LogP contribution >= 0.6 is 0 Å². The van der Waals surface area contributed by atoms with Gasteiger partial charge >= 0.3 is 0 Å². The molecule has 1 N–H and O–H groups in total. The second kappa shape index (κ2) is 13.5. The van der Waals surface area contributed by atoms with Crippen molar-refractivity contribution in [2.75, 3.05) is 25.9 Å². The Morgan fingerprint density at radius 3 is 2.20 bits per heavy atom. The maximum atomic E-state index is 13.8. The van der Waals surface area contributed by atoms with Crippen LogP contribution < -0.4 is 10.1 Å². The van der Waals surface area contributed by atoms with Crippen molar-refractivity contribution in [3.63, 3.8) is 0 Å². The van der Waals surface area contributed by atoms with Gasteiger partial charge in [0.25, 0.3) is 0 Å². The van der Waals surface area contributed by atoms with Gasteiger partial charge in [0.1, 0.15) is 23.1 Å². The Bertz CT molecular complexity index is 1200. The molecule has 2 atom stereocenters. The van der Waals surface area contributed by atoms with Crippen molar-refractivity contribution in [3.05, 3.63) is 54.1 Å². The summed E-state index contributed by atoms with van der Waals surface area (Å²) < 4.78 is 17.6. The first kappa shape index (κ1) is 29.8. The number of hydrogen-bond donors (Lipinski definition) is 1. The molecule has 0 aromatic heterocycles. The molecule has 2 saturated heterocycles. The second-order valence-electron chi connectivity index (χ2n) is 12.1. The number of ether oxygens (including phenoxy) is 1. The molecule has 2 aromatic carbocycles. The molecule has 3 fully saturated rings. The minimum absolute atomic E-state index is 0.0633. The third kappa shape index (κ3) is 7.03. The third-order valence-corrected chi connectivity index (χ3v) is 10.2. The van der Waals surface area contributed by atoms with E-state index in [1.807, 2.05) is 41.3 Å². The minimum Gasteiger partial charge on any atom is -0.457 e. The molecule has 0 bridgehead atoms. The summed E-state index contributed by atoms with van der Waals surface area (Å²) in [6, 6.07) is 15.1. The number of benzene rings is 2. The largest absolute Gasteiger partial charge is 0.457 e. The molecule has 0 radical (unpaired) electrons. The average molecular weight is 580 g/mol. The number of nitrogens with one attached hydrogen (secondary N) is 1. The van der Waals surface area contributed by atoms with Gasteiger partial charge in [-0.15, -0.1) is 0 Å². The molecule has 5 rings (SSSR count). The summed E-state index contributed by atoms with van der Waals surface area (Å²) in [6.07, 6.45) is 11.9. The Morgan fingerprint density at radius 1 is 0.951 bits per heavy atom. The van der Waals surface area contributed by atoms with Gasteiger partial charge in [0, 0.05) is 48.1 Å². The molecule has 2 aromatic rings. The molecular formula is C33H45N3O4S. The Kier molecular flexibility index (Phi) is 9.81. The second-order valence-corrected chi connectivity index (χ2v) is 13.5. The van der Waals surface area contributed by atoms with E-state index in [0.717, 1.165) is 49.5 Å². The number of hydrogen-bond acceptors (Lipinski definition) is 5. The highest BCUT2D eigenvalue weighted by Crippen LogP contribution is 2.36. The molecule has 3 aliphatic rings. The van der Waals surface area contributed by atoms with Crippen LogP contribution in [0, 0.1) is 5.92 Å². The van der Waals surface area contributed by atoms with Gasteiger partial charge in [0.2, 0.25) is 11.8 Å². The van der Waals surface area contributed by atoms with Crippen molar-refractivity contribution in [1.82, 2.24) is 15.1 Å². The monoisotopic (exact) mass is 579 g/mol. The maximum Gasteiger partial charge on any atom is 0.246 e. The lowest BCUT2D eigenvalue weighted by molar-refractivity contribution is -0.162. The predicted octanol–water partition coefficient (Wildman–Crippen LogP) is 5.65. The van der Waals surface area contributed by atoms with Gasteiger partial charge in [0.05, 0.1) is 0 Å². The van der Waals surface area contributed by atoms with Crippen molar-refractivity contribution in [1.29, 1.82) is 0 Å². The number of carbonyl (C=O) groups is 2. The van der Waals surface area contributed by atoms with Crippen molar-refractivity contribution < 1.29 is 18.5 Å². The molecule has 1 spiro atoms. The van der Waals surface area contributed by atoms with Gasteiger partial charge in [-0.1, -0.05) is 57.6 Å². The lowest BCUT2D eigenvalue weighted by Gasteiger charge is -2.52. The van der Waals surface area contributed by atoms with E-state index in [1.165, 1.54) is 37.7 Å². The molecular weight excluding hydrogens is 534 g/mol. The van der Waals surface area contributed by atoms with E-state index in [1.54, 1.807) is 6.26 Å². The number of unbranched alkanes of at least 4 members (excludes halogenated alkanes) is 1. The van der Waals surface area contributed by atoms with Gasteiger partial charge in [-0.3, -0.25) is 18.7 Å². The Morgan fingerprint density at radius 2 is 1.59 bits per heavy atom. The number of carbonyl (C=O) groups excluding carboxylic acids is 2. The van der Waals surface area contributed by atoms with Crippen molar-refractivity contribution in [2.24, 2.45) is 5.92 Å². The fourth-order valence-corrected chi connectivity index (χ4v) is 7.29. The predicted molar refractivity (Wildman–Crippen MR) is 162 cm³/mol. The SMILES string of the molecule is CCCCN1C(=O)[C@H](CC2CCCCC2)NC(=O)C12CCN(Cc1ccc(Oc3ccc(S(C)=O)cc3)cc1)CC2. The van der Waals surface area contributed by atoms with E-state index < -0.39 is 16.3 Å². The number of nitrogens with zero attached hydrogens (tertiary/aromatic N) is 2. The average Bonchev–Trinajstić information content (AvgIpc) is 2.99. The first-order valence-corrected chi connectivity index (χ1v) is 17.0. The van der Waals surface area contributed by atoms with Crippen LogP contribution in [-0.2, 0) is 26.9 Å². The van der Waals surface area contributed by atoms with Gasteiger partial charge in [-0.2, -0.15) is 0 Å². The van der Waals surface area contributed by atoms with Gasteiger partial charge in [-0.25, -0.2) is 0 Å². The van der Waals surface area contributed by atoms with Crippen LogP contribution in [0.1, 0.15) is 76.7 Å². The highest BCUT2D eigenvalue weighted by atomic mass is 32.2. The quantitative estimate of drug-likeness (QED) is 0.394. The normalized spacial score (nSPS) is 22.5. The lowest BCUT2D eigenvalue weighted by atomic mass is 9.79. The van der Waals surface area contributed by atoms with Crippen LogP contribution in [0.25, 0.3) is 0 Å². The van der Waals surface area contributed by atoms with Gasteiger partial charge in [-0.05, 0) is 73.6 Å². The van der Waals surface area contributed by atoms with E-state index in [9.17, 15) is 13.8 Å². The number of piperazine rings is 1. The zero-order chi connectivity index (χ0) is 28.8. The standard InChI is InChI=1S/C33H45N3O4S/c1-3-4-20-36-31(37)30(23-25-8-6-5-7-9-25)34-32(38)33(36)18-21-35(22-19-33)24-26-10-12-27(13-11-26)40-28-14-16-29(17-15-28)41(2)39/h10-17,25,30H,3-9,18-24H2,1-2H3,(H,34,38)/t30-,41?/m0/s1. The summed E-state index contributed by atoms with van der Waals surface area (Å²) >= 11 is 0. The van der Waals surface area contributed by atoms with Crippen LogP contribution in [0.2, 0.25) is 0 Å². The van der Waals surface area contributed by atoms with Gasteiger partial charge < -0.3 is 15.0 Å². The Hall–Kier alpha value is -2.71. The van der Waals surface area contributed by atoms with Crippen LogP contribution in [0.5, 0.6) is 11.5 Å². The molecule has 222 valence electrons. The zero-order valence-corrected chi connectivity index (χ0v) is 25.4. The number of rotatable bonds is 10. The lowest BCUT2D eigenvalue weighted by Crippen LogP contribution is -2.73. The van der Waals surface area contributed by atoms with Crippen molar-refractivity contribution >= 4 is 22.6 Å². The van der Waals surface area contributed by atoms with Crippen LogP contribution in [0.4, 0.5) is 0 Å². The summed E-state index contributed by atoms with van der Waals surface area (Å²) in [6.45, 7) is 5.16. The molecule has 2 aliphatic heterocycles. The minimum atomic E-state index is -1.01. The molecule has 7 nitrogen and oxygen atoms in total. The third-order valence-electron chi connectivity index (χ3n) is 9.24. The fourth-order valence-electron chi connectivity index (χ4n) is 6.77. The molecule has 2 heterocycles. The summed E-state index contributed by atoms with van der Waals surface area (Å²) in [5.74, 6) is 2.22. The number of likely N-dealkylation sites (tertiary alicyclic amines) is 1. The Balaban J connectivity index is 1.18. The summed E-state index contributed by atoms with van der Waals surface area (Å²) in [5.41, 5.74) is 0.466. The van der Waals surface area contributed by atoms with Gasteiger partial charge in [0.15, 0.2) is 0 Å². The molecule has 41 heavy (non-hydrogen) atoms. The fraction of sp³-hybridized carbons (Fsp3) is 0.576. The summed E-state index contributed by atoms with van der Waals surface area (Å²) in [4.78, 5) is 32.6. The van der Waals surface area contributed by atoms with Crippen molar-refractivity contribution in [3.8, 4) is 11.5 Å². The van der Waals surface area contributed by atoms with E-state index in [2.05, 4.69) is 29.3 Å². The highest BCUT2D eigenvalue weighted by molar-refractivity contribution is 7.84. The summed E-state index contributed by atoms with van der Waals surface area (Å²) in [5, 5.41) is 3.20. The molecule has 1 aliphatic carbocycles. The smallest absolute Gasteiger partial charge is 0.246 e. The maximum absolute atomic E-state index is 13.8. The van der Waals surface area contributed by atoms with Crippen molar-refractivity contribution in [2.45, 2.75) is 94.2 Å². The first-order valence-electron chi connectivity index (χ1n) is 15.4. The molecule has 1 unspecified atom stereocenters. The van der Waals surface area contributed by atoms with E-state index in [4.69, 9.17) is 4.74 Å². The zero-order valence-electron chi connectivity index (χ0n) is 24.6. The molecule has 1 saturated carbocycles. The van der Waals surface area contributed by atoms with Crippen LogP contribution in [0.15, 0.2) is 53.4 Å². The number of piperidine rings is 1. The number of amides is 2. The Labute approximate surface area is 247 Å². The van der Waals surface area contributed by atoms with E-state index >= 15 is 0 Å². The molecule has 8 heteroatoms.